The third kappa shape index (κ3) is 5.76. The van der Waals surface area contributed by atoms with Gasteiger partial charge in [-0.2, -0.15) is 0 Å². The average molecular weight is 413 g/mol. The fourth-order valence-electron chi connectivity index (χ4n) is 2.42. The molecule has 2 rings (SSSR count). The Morgan fingerprint density at radius 3 is 2.26 bits per heavy atom. The molecule has 0 spiro atoms. The molecule has 0 saturated carbocycles. The lowest BCUT2D eigenvalue weighted by Gasteiger charge is -2.21. The van der Waals surface area contributed by atoms with Crippen molar-refractivity contribution >= 4 is 27.5 Å². The lowest BCUT2D eigenvalue weighted by atomic mass is 10.1. The Bertz CT molecular complexity index is 938. The number of nitrogens with one attached hydrogen (secondary N) is 2. The highest BCUT2D eigenvalue weighted by Crippen LogP contribution is 2.24. The Labute approximate surface area is 164 Å². The molecule has 1 amide bonds. The molecular weight excluding hydrogens is 391 g/mol. The van der Waals surface area contributed by atoms with E-state index in [1.807, 2.05) is 0 Å². The number of rotatable bonds is 5. The molecule has 27 heavy (non-hydrogen) atoms. The van der Waals surface area contributed by atoms with Gasteiger partial charge in [0.2, 0.25) is 10.0 Å². The minimum atomic E-state index is -3.89. The van der Waals surface area contributed by atoms with E-state index in [-0.39, 0.29) is 27.3 Å². The molecule has 0 aliphatic heterocycles. The molecule has 2 aromatic carbocycles. The maximum Gasteiger partial charge on any atom is 0.251 e. The van der Waals surface area contributed by atoms with Crippen LogP contribution in [0.2, 0.25) is 5.02 Å². The van der Waals surface area contributed by atoms with Crippen LogP contribution >= 0.6 is 11.6 Å². The minimum absolute atomic E-state index is 0.0230. The fourth-order valence-corrected chi connectivity index (χ4v) is 4.37. The Hall–Kier alpha value is -1.96. The Morgan fingerprint density at radius 2 is 1.70 bits per heavy atom. The van der Waals surface area contributed by atoms with Gasteiger partial charge in [-0.05, 0) is 63.6 Å². The van der Waals surface area contributed by atoms with Crippen LogP contribution in [0.5, 0.6) is 0 Å². The molecule has 1 atom stereocenters. The highest BCUT2D eigenvalue weighted by molar-refractivity contribution is 7.89. The number of carbonyl (C=O) groups is 1. The van der Waals surface area contributed by atoms with Gasteiger partial charge in [0.05, 0.1) is 11.1 Å². The number of hydrogen-bond acceptors (Lipinski definition) is 3. The second-order valence-corrected chi connectivity index (χ2v) is 9.31. The summed E-state index contributed by atoms with van der Waals surface area (Å²) in [6.45, 7) is 6.87. The van der Waals surface area contributed by atoms with Crippen LogP contribution < -0.4 is 10.0 Å². The summed E-state index contributed by atoms with van der Waals surface area (Å²) < 4.78 is 40.7. The molecule has 0 aliphatic carbocycles. The molecule has 0 heterocycles. The van der Waals surface area contributed by atoms with Crippen molar-refractivity contribution in [3.8, 4) is 0 Å². The topological polar surface area (TPSA) is 75.3 Å². The van der Waals surface area contributed by atoms with Gasteiger partial charge < -0.3 is 5.32 Å². The molecule has 0 bridgehead atoms. The Kier molecular flexibility index (Phi) is 6.29. The van der Waals surface area contributed by atoms with Gasteiger partial charge in [-0.25, -0.2) is 17.5 Å². The highest BCUT2D eigenvalue weighted by Gasteiger charge is 2.25. The van der Waals surface area contributed by atoms with Crippen molar-refractivity contribution in [3.63, 3.8) is 0 Å². The van der Waals surface area contributed by atoms with E-state index in [2.05, 4.69) is 10.0 Å². The van der Waals surface area contributed by atoms with Gasteiger partial charge in [-0.1, -0.05) is 23.7 Å². The zero-order valence-electron chi connectivity index (χ0n) is 15.5. The smallest absolute Gasteiger partial charge is 0.251 e. The Morgan fingerprint density at radius 1 is 1.11 bits per heavy atom. The molecule has 0 aliphatic rings. The standard InChI is InChI=1S/C19H22ClFN2O3S/c1-12(13-5-8-15(21)9-6-13)22-18(24)14-7-10-16(20)17(11-14)27(25,26)23-19(2,3)4/h5-12,23H,1-4H3,(H,22,24). The summed E-state index contributed by atoms with van der Waals surface area (Å²) >= 11 is 6.04. The monoisotopic (exact) mass is 412 g/mol. The summed E-state index contributed by atoms with van der Waals surface area (Å²) in [6.07, 6.45) is 0. The second kappa shape index (κ2) is 7.96. The number of amides is 1. The first-order valence-electron chi connectivity index (χ1n) is 8.29. The van der Waals surface area contributed by atoms with Gasteiger partial charge in [0.15, 0.2) is 0 Å². The second-order valence-electron chi connectivity index (χ2n) is 7.25. The van der Waals surface area contributed by atoms with Crippen LogP contribution in [-0.4, -0.2) is 19.9 Å². The molecular formula is C19H22ClFN2O3S. The van der Waals surface area contributed by atoms with Crippen LogP contribution in [0.15, 0.2) is 47.4 Å². The maximum atomic E-state index is 13.0. The third-order valence-electron chi connectivity index (χ3n) is 3.64. The predicted molar refractivity (Wildman–Crippen MR) is 104 cm³/mol. The van der Waals surface area contributed by atoms with Crippen molar-refractivity contribution in [2.75, 3.05) is 0 Å². The summed E-state index contributed by atoms with van der Waals surface area (Å²) in [4.78, 5) is 12.4. The van der Waals surface area contributed by atoms with Gasteiger partial charge in [-0.15, -0.1) is 0 Å². The van der Waals surface area contributed by atoms with Gasteiger partial charge in [0.1, 0.15) is 10.7 Å². The van der Waals surface area contributed by atoms with E-state index >= 15 is 0 Å². The van der Waals surface area contributed by atoms with Gasteiger partial charge in [0.25, 0.3) is 5.91 Å². The summed E-state index contributed by atoms with van der Waals surface area (Å²) in [5, 5.41) is 2.78. The molecule has 0 fully saturated rings. The predicted octanol–water partition coefficient (Wildman–Crippen LogP) is 4.05. The van der Waals surface area contributed by atoms with Crippen LogP contribution in [-0.2, 0) is 10.0 Å². The summed E-state index contributed by atoms with van der Waals surface area (Å²) in [7, 11) is -3.89. The van der Waals surface area contributed by atoms with E-state index in [0.717, 1.165) is 5.56 Å². The van der Waals surface area contributed by atoms with Crippen LogP contribution in [0, 0.1) is 5.82 Å². The summed E-state index contributed by atoms with van der Waals surface area (Å²) in [5.41, 5.74) is 0.181. The molecule has 2 N–H and O–H groups in total. The first-order chi connectivity index (χ1) is 12.4. The van der Waals surface area contributed by atoms with Crippen molar-refractivity contribution in [2.45, 2.75) is 44.2 Å². The fraction of sp³-hybridized carbons (Fsp3) is 0.316. The number of carbonyl (C=O) groups excluding carboxylic acids is 1. The molecule has 1 unspecified atom stereocenters. The quantitative estimate of drug-likeness (QED) is 0.777. The SMILES string of the molecule is CC(NC(=O)c1ccc(Cl)c(S(=O)(=O)NC(C)(C)C)c1)c1ccc(F)cc1. The van der Waals surface area contributed by atoms with E-state index < -0.39 is 21.5 Å². The van der Waals surface area contributed by atoms with Crippen molar-refractivity contribution < 1.29 is 17.6 Å². The van der Waals surface area contributed by atoms with E-state index in [9.17, 15) is 17.6 Å². The summed E-state index contributed by atoms with van der Waals surface area (Å²) in [6, 6.07) is 9.44. The molecule has 146 valence electrons. The van der Waals surface area contributed by atoms with Crippen molar-refractivity contribution in [1.29, 1.82) is 0 Å². The Balaban J connectivity index is 2.26. The maximum absolute atomic E-state index is 13.0. The number of sulfonamides is 1. The van der Waals surface area contributed by atoms with Crippen LogP contribution in [0.1, 0.15) is 49.7 Å². The molecule has 0 radical (unpaired) electrons. The average Bonchev–Trinajstić information content (AvgIpc) is 2.53. The van der Waals surface area contributed by atoms with Crippen LogP contribution in [0.25, 0.3) is 0 Å². The van der Waals surface area contributed by atoms with Crippen molar-refractivity contribution in [3.05, 3.63) is 64.4 Å². The van der Waals surface area contributed by atoms with Crippen molar-refractivity contribution in [2.24, 2.45) is 0 Å². The summed E-state index contributed by atoms with van der Waals surface area (Å²) in [5.74, 6) is -0.827. The number of halogens is 2. The van der Waals surface area contributed by atoms with Gasteiger partial charge in [-0.3, -0.25) is 4.79 Å². The lowest BCUT2D eigenvalue weighted by molar-refractivity contribution is 0.0939. The van der Waals surface area contributed by atoms with Crippen LogP contribution in [0.3, 0.4) is 0 Å². The van der Waals surface area contributed by atoms with E-state index in [1.165, 1.54) is 30.3 Å². The molecule has 8 heteroatoms. The zero-order valence-corrected chi connectivity index (χ0v) is 17.1. The normalized spacial score (nSPS) is 13.3. The minimum Gasteiger partial charge on any atom is -0.346 e. The van der Waals surface area contributed by atoms with E-state index in [4.69, 9.17) is 11.6 Å². The van der Waals surface area contributed by atoms with E-state index in [0.29, 0.717) is 0 Å². The zero-order chi connectivity index (χ0) is 20.4. The van der Waals surface area contributed by atoms with Gasteiger partial charge >= 0.3 is 0 Å². The highest BCUT2D eigenvalue weighted by atomic mass is 35.5. The molecule has 2 aromatic rings. The lowest BCUT2D eigenvalue weighted by Crippen LogP contribution is -2.40. The first kappa shape index (κ1) is 21.3. The molecule has 0 aromatic heterocycles. The molecule has 0 saturated heterocycles. The van der Waals surface area contributed by atoms with E-state index in [1.54, 1.807) is 39.8 Å². The van der Waals surface area contributed by atoms with Crippen LogP contribution in [0.4, 0.5) is 4.39 Å². The van der Waals surface area contributed by atoms with Crippen molar-refractivity contribution in [1.82, 2.24) is 10.0 Å². The molecule has 5 nitrogen and oxygen atoms in total. The third-order valence-corrected chi connectivity index (χ3v) is 5.88. The van der Waals surface area contributed by atoms with Gasteiger partial charge in [0, 0.05) is 11.1 Å². The number of benzene rings is 2. The largest absolute Gasteiger partial charge is 0.346 e. The number of hydrogen-bond donors (Lipinski definition) is 2. The first-order valence-corrected chi connectivity index (χ1v) is 10.1.